The van der Waals surface area contributed by atoms with Crippen molar-refractivity contribution in [3.05, 3.63) is 34.9 Å². The third-order valence-electron chi connectivity index (χ3n) is 2.98. The van der Waals surface area contributed by atoms with Crippen LogP contribution in [0.4, 0.5) is 5.82 Å². The third kappa shape index (κ3) is 2.47. The zero-order valence-electron chi connectivity index (χ0n) is 11.4. The van der Waals surface area contributed by atoms with Gasteiger partial charge in [-0.15, -0.1) is 0 Å². The highest BCUT2D eigenvalue weighted by atomic mass is 16.4. The van der Waals surface area contributed by atoms with Gasteiger partial charge in [0.05, 0.1) is 11.7 Å². The number of anilines is 1. The minimum atomic E-state index is -0.990. The Morgan fingerprint density at radius 3 is 2.68 bits per heavy atom. The molecule has 102 valence electrons. The Hall–Kier alpha value is -2.24. The summed E-state index contributed by atoms with van der Waals surface area (Å²) in [5.74, 6) is 1.07. The van der Waals surface area contributed by atoms with Crippen LogP contribution in [0.3, 0.4) is 0 Å². The molecule has 0 aliphatic rings. The Morgan fingerprint density at radius 1 is 1.47 bits per heavy atom. The molecule has 1 unspecified atom stereocenters. The van der Waals surface area contributed by atoms with E-state index >= 15 is 0 Å². The van der Waals surface area contributed by atoms with Gasteiger partial charge in [-0.25, -0.2) is 4.79 Å². The zero-order valence-corrected chi connectivity index (χ0v) is 11.4. The first-order chi connectivity index (χ1) is 8.90. The first-order valence-electron chi connectivity index (χ1n) is 6.00. The highest BCUT2D eigenvalue weighted by molar-refractivity contribution is 5.94. The molecule has 0 bridgehead atoms. The van der Waals surface area contributed by atoms with Crippen molar-refractivity contribution in [3.63, 3.8) is 0 Å². The van der Waals surface area contributed by atoms with Crippen LogP contribution < -0.4 is 5.32 Å². The summed E-state index contributed by atoms with van der Waals surface area (Å²) in [4.78, 5) is 11.3. The number of carboxylic acids is 1. The van der Waals surface area contributed by atoms with Crippen LogP contribution in [0.25, 0.3) is 0 Å². The summed E-state index contributed by atoms with van der Waals surface area (Å²) in [6, 6.07) is 3.61. The largest absolute Gasteiger partial charge is 0.477 e. The van der Waals surface area contributed by atoms with Gasteiger partial charge < -0.3 is 14.8 Å². The van der Waals surface area contributed by atoms with Gasteiger partial charge in [-0.2, -0.15) is 5.10 Å². The van der Waals surface area contributed by atoms with Gasteiger partial charge in [0.25, 0.3) is 0 Å². The van der Waals surface area contributed by atoms with Gasteiger partial charge in [0.2, 0.25) is 0 Å². The minimum Gasteiger partial charge on any atom is -0.477 e. The number of aromatic nitrogens is 2. The van der Waals surface area contributed by atoms with E-state index in [1.54, 1.807) is 14.0 Å². The number of carboxylic acid groups (broad SMARTS) is 1. The van der Waals surface area contributed by atoms with Crippen molar-refractivity contribution < 1.29 is 14.3 Å². The molecule has 2 rings (SSSR count). The van der Waals surface area contributed by atoms with Gasteiger partial charge in [-0.05, 0) is 32.9 Å². The van der Waals surface area contributed by atoms with Crippen LogP contribution in [0.1, 0.15) is 40.5 Å². The molecule has 2 heterocycles. The van der Waals surface area contributed by atoms with E-state index in [1.165, 1.54) is 4.68 Å². The second-order valence-electron chi connectivity index (χ2n) is 4.55. The molecule has 0 saturated carbocycles. The topological polar surface area (TPSA) is 80.3 Å². The average molecular weight is 263 g/mol. The summed E-state index contributed by atoms with van der Waals surface area (Å²) in [5, 5.41) is 16.5. The maximum Gasteiger partial charge on any atom is 0.341 e. The van der Waals surface area contributed by atoms with E-state index in [1.807, 2.05) is 26.0 Å². The summed E-state index contributed by atoms with van der Waals surface area (Å²) in [6.07, 6.45) is 0. The molecular formula is C13H17N3O3. The Labute approximate surface area is 111 Å². The van der Waals surface area contributed by atoms with Crippen LogP contribution in [-0.2, 0) is 7.05 Å². The van der Waals surface area contributed by atoms with Crippen molar-refractivity contribution in [2.45, 2.75) is 26.8 Å². The van der Waals surface area contributed by atoms with Crippen LogP contribution in [0, 0.1) is 13.8 Å². The lowest BCUT2D eigenvalue weighted by molar-refractivity contribution is 0.0697. The van der Waals surface area contributed by atoms with E-state index in [4.69, 9.17) is 4.42 Å². The van der Waals surface area contributed by atoms with Crippen molar-refractivity contribution in [2.24, 2.45) is 7.05 Å². The molecule has 6 nitrogen and oxygen atoms in total. The number of hydrogen-bond donors (Lipinski definition) is 2. The van der Waals surface area contributed by atoms with Gasteiger partial charge in [-0.1, -0.05) is 0 Å². The number of nitrogens with zero attached hydrogens (tertiary/aromatic N) is 2. The fourth-order valence-corrected chi connectivity index (χ4v) is 2.04. The van der Waals surface area contributed by atoms with Crippen molar-refractivity contribution in [3.8, 4) is 0 Å². The maximum absolute atomic E-state index is 11.3. The van der Waals surface area contributed by atoms with Gasteiger partial charge in [0.1, 0.15) is 22.9 Å². The van der Waals surface area contributed by atoms with Crippen molar-refractivity contribution in [1.82, 2.24) is 9.78 Å². The molecule has 2 N–H and O–H groups in total. The summed E-state index contributed by atoms with van der Waals surface area (Å²) in [7, 11) is 1.71. The minimum absolute atomic E-state index is 0.137. The molecule has 0 aliphatic heterocycles. The lowest BCUT2D eigenvalue weighted by Gasteiger charge is -2.13. The molecule has 0 radical (unpaired) electrons. The number of rotatable bonds is 4. The number of carbonyl (C=O) groups is 1. The second kappa shape index (κ2) is 4.79. The Bertz CT molecular complexity index is 613. The Balaban J connectivity index is 2.31. The average Bonchev–Trinajstić information content (AvgIpc) is 2.84. The fraction of sp³-hybridized carbons (Fsp3) is 0.385. The highest BCUT2D eigenvalue weighted by Gasteiger charge is 2.21. The number of aromatic carboxylic acids is 1. The molecule has 0 fully saturated rings. The van der Waals surface area contributed by atoms with E-state index in [-0.39, 0.29) is 11.6 Å². The van der Waals surface area contributed by atoms with Crippen LogP contribution in [0.15, 0.2) is 16.5 Å². The van der Waals surface area contributed by atoms with E-state index in [0.29, 0.717) is 11.5 Å². The quantitative estimate of drug-likeness (QED) is 0.885. The smallest absolute Gasteiger partial charge is 0.341 e. The van der Waals surface area contributed by atoms with E-state index in [0.717, 1.165) is 11.5 Å². The van der Waals surface area contributed by atoms with Crippen LogP contribution in [0.2, 0.25) is 0 Å². The summed E-state index contributed by atoms with van der Waals surface area (Å²) in [6.45, 7) is 5.45. The standard InChI is InChI=1S/C13H17N3O3/c1-7-5-6-10(19-7)8(2)14-12-11(13(17)18)9(3)15-16(12)4/h5-6,8,14H,1-4H3,(H,17,18). The lowest BCUT2D eigenvalue weighted by Crippen LogP contribution is -2.12. The number of hydrogen-bond acceptors (Lipinski definition) is 4. The normalized spacial score (nSPS) is 12.4. The first-order valence-corrected chi connectivity index (χ1v) is 6.00. The first kappa shape index (κ1) is 13.2. The van der Waals surface area contributed by atoms with Crippen molar-refractivity contribution in [2.75, 3.05) is 5.32 Å². The summed E-state index contributed by atoms with van der Waals surface area (Å²) in [5.41, 5.74) is 0.679. The van der Waals surface area contributed by atoms with E-state index in [9.17, 15) is 9.90 Å². The molecule has 19 heavy (non-hydrogen) atoms. The summed E-state index contributed by atoms with van der Waals surface area (Å²) >= 11 is 0. The molecule has 0 aromatic carbocycles. The molecule has 2 aromatic rings. The maximum atomic E-state index is 11.3. The fourth-order valence-electron chi connectivity index (χ4n) is 2.04. The van der Waals surface area contributed by atoms with Crippen molar-refractivity contribution in [1.29, 1.82) is 0 Å². The Morgan fingerprint density at radius 2 is 2.16 bits per heavy atom. The predicted octanol–water partition coefficient (Wildman–Crippen LogP) is 2.50. The summed E-state index contributed by atoms with van der Waals surface area (Å²) < 4.78 is 7.06. The highest BCUT2D eigenvalue weighted by Crippen LogP contribution is 2.25. The molecule has 0 saturated heterocycles. The van der Waals surface area contributed by atoms with Crippen LogP contribution in [0.5, 0.6) is 0 Å². The van der Waals surface area contributed by atoms with Gasteiger partial charge in [-0.3, -0.25) is 4.68 Å². The SMILES string of the molecule is Cc1ccc(C(C)Nc2c(C(=O)O)c(C)nn2C)o1. The van der Waals surface area contributed by atoms with Crippen LogP contribution in [-0.4, -0.2) is 20.9 Å². The van der Waals surface area contributed by atoms with Crippen molar-refractivity contribution >= 4 is 11.8 Å². The molecular weight excluding hydrogens is 246 g/mol. The number of aryl methyl sites for hydroxylation is 3. The van der Waals surface area contributed by atoms with Crippen LogP contribution >= 0.6 is 0 Å². The van der Waals surface area contributed by atoms with Gasteiger partial charge >= 0.3 is 5.97 Å². The molecule has 2 aromatic heterocycles. The van der Waals surface area contributed by atoms with Gasteiger partial charge in [0, 0.05) is 7.05 Å². The van der Waals surface area contributed by atoms with Gasteiger partial charge in [0.15, 0.2) is 0 Å². The number of furan rings is 1. The number of nitrogens with one attached hydrogen (secondary N) is 1. The monoisotopic (exact) mass is 263 g/mol. The molecule has 0 aliphatic carbocycles. The lowest BCUT2D eigenvalue weighted by atomic mass is 10.2. The third-order valence-corrected chi connectivity index (χ3v) is 2.98. The molecule has 0 amide bonds. The molecule has 1 atom stereocenters. The zero-order chi connectivity index (χ0) is 14.2. The van der Waals surface area contributed by atoms with E-state index < -0.39 is 5.97 Å². The molecule has 0 spiro atoms. The Kier molecular flexibility index (Phi) is 3.33. The second-order valence-corrected chi connectivity index (χ2v) is 4.55. The van der Waals surface area contributed by atoms with E-state index in [2.05, 4.69) is 10.4 Å². The molecule has 6 heteroatoms. The predicted molar refractivity (Wildman–Crippen MR) is 70.4 cm³/mol.